The molecule has 4 rings (SSSR count). The number of benzene rings is 3. The Morgan fingerprint density at radius 3 is 2.39 bits per heavy atom. The summed E-state index contributed by atoms with van der Waals surface area (Å²) in [6, 6.07) is 17.3. The fourth-order valence-corrected chi connectivity index (χ4v) is 6.12. The fraction of sp³-hybridized carbons (Fsp3) is 0.269. The van der Waals surface area contributed by atoms with Crippen molar-refractivity contribution in [3.63, 3.8) is 0 Å². The van der Waals surface area contributed by atoms with Gasteiger partial charge in [0.05, 0.1) is 23.7 Å². The average Bonchev–Trinajstić information content (AvgIpc) is 2.81. The third-order valence-corrected chi connectivity index (χ3v) is 7.99. The molecule has 190 valence electrons. The lowest BCUT2D eigenvalue weighted by atomic mass is 9.89. The van der Waals surface area contributed by atoms with Gasteiger partial charge in [-0.1, -0.05) is 41.4 Å². The fourth-order valence-electron chi connectivity index (χ4n) is 4.18. The standard InChI is InChI=1S/C26H26Cl2N2O5S/c1-26(2)15-23(22-14-20(34-3)9-10-24(22)35-26)29-25(31)16-30(19-12-17(27)11-18(28)13-19)36(32,33)21-7-5-4-6-8-21/h4-14,23H,15-16H2,1-3H3,(H,29,31). The minimum Gasteiger partial charge on any atom is -0.497 e. The molecule has 1 amide bonds. The molecule has 0 aliphatic carbocycles. The van der Waals surface area contributed by atoms with Crippen LogP contribution < -0.4 is 19.1 Å². The SMILES string of the molecule is COc1ccc2c(c1)C(NC(=O)CN(c1cc(Cl)cc(Cl)c1)S(=O)(=O)c1ccccc1)CC(C)(C)O2. The molecule has 1 N–H and O–H groups in total. The number of methoxy groups -OCH3 is 1. The molecule has 0 saturated heterocycles. The van der Waals surface area contributed by atoms with E-state index < -0.39 is 34.1 Å². The van der Waals surface area contributed by atoms with Crippen molar-refractivity contribution in [2.45, 2.75) is 36.8 Å². The minimum atomic E-state index is -4.11. The van der Waals surface area contributed by atoms with Gasteiger partial charge in [0, 0.05) is 22.0 Å². The van der Waals surface area contributed by atoms with Crippen molar-refractivity contribution in [1.29, 1.82) is 0 Å². The van der Waals surface area contributed by atoms with Gasteiger partial charge in [-0.25, -0.2) is 8.42 Å². The first kappa shape index (κ1) is 26.1. The van der Waals surface area contributed by atoms with E-state index >= 15 is 0 Å². The summed E-state index contributed by atoms with van der Waals surface area (Å²) in [5.41, 5.74) is 0.390. The zero-order valence-electron chi connectivity index (χ0n) is 20.0. The number of carbonyl (C=O) groups excluding carboxylic acids is 1. The second kappa shape index (κ2) is 10.2. The predicted molar refractivity (Wildman–Crippen MR) is 141 cm³/mol. The van der Waals surface area contributed by atoms with Gasteiger partial charge in [-0.05, 0) is 62.4 Å². The average molecular weight is 549 g/mol. The topological polar surface area (TPSA) is 84.9 Å². The van der Waals surface area contributed by atoms with Gasteiger partial charge in [0.25, 0.3) is 10.0 Å². The van der Waals surface area contributed by atoms with Crippen LogP contribution in [-0.2, 0) is 14.8 Å². The molecular weight excluding hydrogens is 523 g/mol. The van der Waals surface area contributed by atoms with E-state index in [4.69, 9.17) is 32.7 Å². The van der Waals surface area contributed by atoms with Gasteiger partial charge in [-0.3, -0.25) is 9.10 Å². The maximum atomic E-state index is 13.6. The third kappa shape index (κ3) is 5.72. The van der Waals surface area contributed by atoms with Crippen LogP contribution in [0.2, 0.25) is 10.0 Å². The van der Waals surface area contributed by atoms with Crippen LogP contribution in [0, 0.1) is 0 Å². The van der Waals surface area contributed by atoms with Crippen LogP contribution in [0.4, 0.5) is 5.69 Å². The molecule has 3 aromatic carbocycles. The van der Waals surface area contributed by atoms with E-state index in [0.717, 1.165) is 9.87 Å². The van der Waals surface area contributed by atoms with Crippen molar-refractivity contribution in [2.24, 2.45) is 0 Å². The van der Waals surface area contributed by atoms with E-state index in [-0.39, 0.29) is 20.6 Å². The number of anilines is 1. The zero-order valence-corrected chi connectivity index (χ0v) is 22.3. The zero-order chi connectivity index (χ0) is 26.1. The maximum Gasteiger partial charge on any atom is 0.264 e. The van der Waals surface area contributed by atoms with Crippen LogP contribution in [0.15, 0.2) is 71.6 Å². The van der Waals surface area contributed by atoms with Gasteiger partial charge < -0.3 is 14.8 Å². The summed E-state index contributed by atoms with van der Waals surface area (Å²) in [5, 5.41) is 3.49. The van der Waals surface area contributed by atoms with Crippen molar-refractivity contribution in [2.75, 3.05) is 18.0 Å². The molecule has 0 spiro atoms. The Kier molecular flexibility index (Phi) is 7.41. The molecule has 7 nitrogen and oxygen atoms in total. The van der Waals surface area contributed by atoms with Crippen LogP contribution in [-0.4, -0.2) is 33.6 Å². The highest BCUT2D eigenvalue weighted by Crippen LogP contribution is 2.41. The summed E-state index contributed by atoms with van der Waals surface area (Å²) in [7, 11) is -2.55. The normalized spacial score (nSPS) is 16.4. The summed E-state index contributed by atoms with van der Waals surface area (Å²) in [4.78, 5) is 13.4. The van der Waals surface area contributed by atoms with Gasteiger partial charge >= 0.3 is 0 Å². The van der Waals surface area contributed by atoms with E-state index in [1.54, 1.807) is 37.4 Å². The Morgan fingerprint density at radius 1 is 1.08 bits per heavy atom. The number of nitrogens with one attached hydrogen (secondary N) is 1. The summed E-state index contributed by atoms with van der Waals surface area (Å²) < 4.78 is 39.6. The van der Waals surface area contributed by atoms with Crippen molar-refractivity contribution < 1.29 is 22.7 Å². The molecule has 0 radical (unpaired) electrons. The smallest absolute Gasteiger partial charge is 0.264 e. The number of carbonyl (C=O) groups is 1. The van der Waals surface area contributed by atoms with Crippen LogP contribution >= 0.6 is 23.2 Å². The highest BCUT2D eigenvalue weighted by molar-refractivity contribution is 7.92. The molecule has 0 aromatic heterocycles. The lowest BCUT2D eigenvalue weighted by Crippen LogP contribution is -2.45. The molecule has 0 bridgehead atoms. The Labute approximate surface area is 221 Å². The van der Waals surface area contributed by atoms with Crippen LogP contribution in [0.1, 0.15) is 31.9 Å². The number of ether oxygens (including phenoxy) is 2. The summed E-state index contributed by atoms with van der Waals surface area (Å²) in [6.45, 7) is 3.38. The van der Waals surface area contributed by atoms with Gasteiger partial charge in [0.15, 0.2) is 0 Å². The Hall–Kier alpha value is -2.94. The highest BCUT2D eigenvalue weighted by atomic mass is 35.5. The molecule has 1 aliphatic heterocycles. The second-order valence-electron chi connectivity index (χ2n) is 9.04. The number of halogens is 2. The number of rotatable bonds is 7. The summed E-state index contributed by atoms with van der Waals surface area (Å²) in [5.74, 6) is 0.757. The van der Waals surface area contributed by atoms with Gasteiger partial charge in [-0.2, -0.15) is 0 Å². The Bertz CT molecular complexity index is 1360. The number of nitrogens with zero attached hydrogens (tertiary/aromatic N) is 1. The molecule has 36 heavy (non-hydrogen) atoms. The van der Waals surface area contributed by atoms with Crippen molar-refractivity contribution >= 4 is 44.8 Å². The van der Waals surface area contributed by atoms with Crippen LogP contribution in [0.25, 0.3) is 0 Å². The lowest BCUT2D eigenvalue weighted by molar-refractivity contribution is -0.120. The largest absolute Gasteiger partial charge is 0.497 e. The summed E-state index contributed by atoms with van der Waals surface area (Å²) in [6.07, 6.45) is 0.480. The van der Waals surface area contributed by atoms with E-state index in [9.17, 15) is 13.2 Å². The van der Waals surface area contributed by atoms with E-state index in [1.165, 1.54) is 30.3 Å². The first-order valence-electron chi connectivity index (χ1n) is 11.2. The molecule has 1 atom stereocenters. The van der Waals surface area contributed by atoms with Gasteiger partial charge in [-0.15, -0.1) is 0 Å². The number of fused-ring (bicyclic) bond motifs is 1. The molecule has 1 heterocycles. The Balaban J connectivity index is 1.68. The predicted octanol–water partition coefficient (Wildman–Crippen LogP) is 5.62. The van der Waals surface area contributed by atoms with Crippen LogP contribution in [0.5, 0.6) is 11.5 Å². The first-order chi connectivity index (χ1) is 17.0. The molecule has 3 aromatic rings. The maximum absolute atomic E-state index is 13.6. The highest BCUT2D eigenvalue weighted by Gasteiger charge is 2.36. The lowest BCUT2D eigenvalue weighted by Gasteiger charge is -2.38. The van der Waals surface area contributed by atoms with Crippen molar-refractivity contribution in [3.8, 4) is 11.5 Å². The number of hydrogen-bond acceptors (Lipinski definition) is 5. The monoisotopic (exact) mass is 548 g/mol. The quantitative estimate of drug-likeness (QED) is 0.414. The number of amides is 1. The summed E-state index contributed by atoms with van der Waals surface area (Å²) >= 11 is 12.3. The van der Waals surface area contributed by atoms with Gasteiger partial charge in [0.2, 0.25) is 5.91 Å². The first-order valence-corrected chi connectivity index (χ1v) is 13.4. The minimum absolute atomic E-state index is 0.0381. The van der Waals surface area contributed by atoms with Crippen LogP contribution in [0.3, 0.4) is 0 Å². The van der Waals surface area contributed by atoms with Crippen molar-refractivity contribution in [3.05, 3.63) is 82.3 Å². The number of sulfonamides is 1. The molecule has 1 unspecified atom stereocenters. The van der Waals surface area contributed by atoms with E-state index in [2.05, 4.69) is 5.32 Å². The third-order valence-electron chi connectivity index (χ3n) is 5.76. The molecule has 1 aliphatic rings. The van der Waals surface area contributed by atoms with E-state index in [1.807, 2.05) is 19.9 Å². The van der Waals surface area contributed by atoms with Gasteiger partial charge in [0.1, 0.15) is 23.6 Å². The Morgan fingerprint density at radius 2 is 1.75 bits per heavy atom. The molecule has 0 saturated carbocycles. The van der Waals surface area contributed by atoms with E-state index in [0.29, 0.717) is 17.9 Å². The van der Waals surface area contributed by atoms with Crippen molar-refractivity contribution in [1.82, 2.24) is 5.32 Å². The molecular formula is C26H26Cl2N2O5S. The molecule has 10 heteroatoms. The number of hydrogen-bond donors (Lipinski definition) is 1. The second-order valence-corrected chi connectivity index (χ2v) is 11.8. The molecule has 0 fully saturated rings.